The molecule has 0 heterocycles. The maximum absolute atomic E-state index is 8.33. The Kier molecular flexibility index (Phi) is 58.0. The molecule has 0 saturated heterocycles. The first-order valence-corrected chi connectivity index (χ1v) is 2.71. The molecule has 0 aliphatic heterocycles. The van der Waals surface area contributed by atoms with Crippen LogP contribution >= 0.6 is 15.9 Å². The summed E-state index contributed by atoms with van der Waals surface area (Å²) in [6, 6.07) is 0. The van der Waals surface area contributed by atoms with Gasteiger partial charge in [0.25, 0.3) is 0 Å². The fourth-order valence-electron chi connectivity index (χ4n) is 0. The Balaban J connectivity index is -0.0000000233. The minimum atomic E-state index is -2.33. The number of carboxylic acid groups (broad SMARTS) is 2. The third kappa shape index (κ3) is 77.5. The largest absolute Gasteiger partial charge is 1.00 e. The maximum atomic E-state index is 8.33. The van der Waals surface area contributed by atoms with Crippen LogP contribution in [0.1, 0.15) is 6.92 Å². The second kappa shape index (κ2) is 22.6. The van der Waals surface area contributed by atoms with Crippen LogP contribution in [0.15, 0.2) is 0 Å². The summed E-state index contributed by atoms with van der Waals surface area (Å²) in [6.45, 7) is 2.04. The summed E-state index contributed by atoms with van der Waals surface area (Å²) >= 11 is 3.15. The molecule has 0 bridgehead atoms. The monoisotopic (exact) mass is 434 g/mol. The molecule has 0 amide bonds. The maximum Gasteiger partial charge on any atom is 1.00 e. The van der Waals surface area contributed by atoms with E-state index in [0.717, 1.165) is 5.33 Å². The summed E-state index contributed by atoms with van der Waals surface area (Å²) in [4.78, 5) is 8.33. The van der Waals surface area contributed by atoms with Gasteiger partial charge in [0.2, 0.25) is 0 Å². The van der Waals surface area contributed by atoms with E-state index in [1.54, 1.807) is 0 Å². The van der Waals surface area contributed by atoms with E-state index in [1.165, 1.54) is 0 Å². The SMILES string of the molecule is CCBr.O=C([O-])[O-].[Cs+].[Cs+]. The first-order valence-electron chi connectivity index (χ1n) is 1.59. The third-order valence-electron chi connectivity index (χ3n) is 0. The second-order valence-electron chi connectivity index (χ2n) is 0.517. The summed E-state index contributed by atoms with van der Waals surface area (Å²) in [5.41, 5.74) is 0. The van der Waals surface area contributed by atoms with E-state index >= 15 is 0 Å². The standard InChI is InChI=1S/C2H5Br.CH2O3.2Cs/c1-2-3;2-1(3)4;;/h2H2,1H3;(H2,2,3,4);;/q;;2*+1/p-2. The van der Waals surface area contributed by atoms with E-state index in [0.29, 0.717) is 0 Å². The first-order chi connectivity index (χ1) is 3.15. The number of rotatable bonds is 0. The van der Waals surface area contributed by atoms with Gasteiger partial charge in [-0.05, 0) is 6.16 Å². The van der Waals surface area contributed by atoms with Gasteiger partial charge in [-0.15, -0.1) is 0 Å². The summed E-state index contributed by atoms with van der Waals surface area (Å²) < 4.78 is 0. The number of carbonyl (C=O) groups is 1. The summed E-state index contributed by atoms with van der Waals surface area (Å²) in [5, 5.41) is 17.7. The van der Waals surface area contributed by atoms with Crippen LogP contribution in [-0.4, -0.2) is 11.5 Å². The molecule has 0 fully saturated rings. The molecule has 3 nitrogen and oxygen atoms in total. The van der Waals surface area contributed by atoms with E-state index in [1.807, 2.05) is 6.92 Å². The molecule has 0 spiro atoms. The van der Waals surface area contributed by atoms with Gasteiger partial charge >= 0.3 is 138 Å². The molecule has 0 saturated carbocycles. The average Bonchev–Trinajstić information content (AvgIpc) is 1.33. The Morgan fingerprint density at radius 3 is 1.44 bits per heavy atom. The fraction of sp³-hybridized carbons (Fsp3) is 0.667. The summed E-state index contributed by atoms with van der Waals surface area (Å²) in [6.07, 6.45) is -2.33. The van der Waals surface area contributed by atoms with Crippen LogP contribution < -0.4 is 148 Å². The molecular weight excluding hydrogens is 430 g/mol. The zero-order chi connectivity index (χ0) is 6.28. The average molecular weight is 435 g/mol. The number of alkyl halides is 1. The first kappa shape index (κ1) is 23.0. The molecule has 0 aliphatic rings. The zero-order valence-corrected chi connectivity index (χ0v) is 20.0. The Morgan fingerprint density at radius 2 is 1.44 bits per heavy atom. The Morgan fingerprint density at radius 1 is 1.44 bits per heavy atom. The van der Waals surface area contributed by atoms with Crippen molar-refractivity contribution in [3.8, 4) is 0 Å². The minimum Gasteiger partial charge on any atom is -0.652 e. The third-order valence-corrected chi connectivity index (χ3v) is 0. The molecule has 6 heteroatoms. The molecular formula is C3H5BrCs2O3. The van der Waals surface area contributed by atoms with Crippen LogP contribution in [-0.2, 0) is 0 Å². The van der Waals surface area contributed by atoms with Crippen LogP contribution in [0.25, 0.3) is 0 Å². The van der Waals surface area contributed by atoms with Gasteiger partial charge in [-0.1, -0.05) is 22.9 Å². The van der Waals surface area contributed by atoms with Crippen molar-refractivity contribution in [2.24, 2.45) is 0 Å². The number of carbonyl (C=O) groups excluding carboxylic acids is 1. The quantitative estimate of drug-likeness (QED) is 0.356. The Labute approximate surface area is 181 Å². The van der Waals surface area contributed by atoms with Gasteiger partial charge in [-0.3, -0.25) is 0 Å². The summed E-state index contributed by atoms with van der Waals surface area (Å²) in [5.74, 6) is 0. The normalized spacial score (nSPS) is 4.67. The molecule has 0 atom stereocenters. The number of hydrogen-bond acceptors (Lipinski definition) is 3. The zero-order valence-electron chi connectivity index (χ0n) is 5.81. The van der Waals surface area contributed by atoms with E-state index in [2.05, 4.69) is 15.9 Å². The van der Waals surface area contributed by atoms with Crippen LogP contribution in [0.2, 0.25) is 0 Å². The van der Waals surface area contributed by atoms with Crippen molar-refractivity contribution in [3.05, 3.63) is 0 Å². The van der Waals surface area contributed by atoms with E-state index in [-0.39, 0.29) is 138 Å². The Bertz CT molecular complexity index is 48.3. The molecule has 0 radical (unpaired) electrons. The molecule has 0 rings (SSSR count). The number of halogens is 1. The summed E-state index contributed by atoms with van der Waals surface area (Å²) in [7, 11) is 0. The minimum absolute atomic E-state index is 0. The van der Waals surface area contributed by atoms with Gasteiger partial charge in [0, 0.05) is 5.33 Å². The molecule has 0 aromatic heterocycles. The molecule has 0 aliphatic carbocycles. The van der Waals surface area contributed by atoms with Gasteiger partial charge in [0.05, 0.1) is 0 Å². The van der Waals surface area contributed by atoms with Crippen LogP contribution in [0, 0.1) is 0 Å². The molecule has 0 aromatic rings. The molecule has 9 heavy (non-hydrogen) atoms. The van der Waals surface area contributed by atoms with Crippen LogP contribution in [0.4, 0.5) is 4.79 Å². The van der Waals surface area contributed by atoms with Crippen molar-refractivity contribution in [1.29, 1.82) is 0 Å². The van der Waals surface area contributed by atoms with Crippen molar-refractivity contribution in [2.45, 2.75) is 6.92 Å². The van der Waals surface area contributed by atoms with Crippen LogP contribution in [0.5, 0.6) is 0 Å². The van der Waals surface area contributed by atoms with Crippen LogP contribution in [0.3, 0.4) is 0 Å². The van der Waals surface area contributed by atoms with Gasteiger partial charge in [-0.25, -0.2) is 0 Å². The Hall–Kier alpha value is 3.85. The van der Waals surface area contributed by atoms with Crippen molar-refractivity contribution in [1.82, 2.24) is 0 Å². The van der Waals surface area contributed by atoms with E-state index in [9.17, 15) is 0 Å². The molecule has 0 aromatic carbocycles. The molecule has 0 unspecified atom stereocenters. The van der Waals surface area contributed by atoms with Gasteiger partial charge in [-0.2, -0.15) is 0 Å². The predicted molar refractivity (Wildman–Crippen MR) is 24.9 cm³/mol. The van der Waals surface area contributed by atoms with Crippen molar-refractivity contribution >= 4 is 22.1 Å². The van der Waals surface area contributed by atoms with Gasteiger partial charge < -0.3 is 15.0 Å². The van der Waals surface area contributed by atoms with Crippen molar-refractivity contribution in [3.63, 3.8) is 0 Å². The fourth-order valence-corrected chi connectivity index (χ4v) is 0. The van der Waals surface area contributed by atoms with E-state index < -0.39 is 6.16 Å². The molecule has 0 N–H and O–H groups in total. The van der Waals surface area contributed by atoms with Crippen molar-refractivity contribution in [2.75, 3.05) is 5.33 Å². The topological polar surface area (TPSA) is 63.2 Å². The second-order valence-corrected chi connectivity index (χ2v) is 1.64. The molecule has 44 valence electrons. The predicted octanol–water partition coefficient (Wildman–Crippen LogP) is -7.04. The van der Waals surface area contributed by atoms with Gasteiger partial charge in [0.1, 0.15) is 0 Å². The van der Waals surface area contributed by atoms with Gasteiger partial charge in [0.15, 0.2) is 0 Å². The van der Waals surface area contributed by atoms with E-state index in [4.69, 9.17) is 15.0 Å². The number of hydrogen-bond donors (Lipinski definition) is 0. The van der Waals surface area contributed by atoms with Crippen molar-refractivity contribution < 1.29 is 153 Å². The smallest absolute Gasteiger partial charge is 0.652 e.